The summed E-state index contributed by atoms with van der Waals surface area (Å²) in [5.41, 5.74) is 9.07. The van der Waals surface area contributed by atoms with Crippen LogP contribution in [0.5, 0.6) is 0 Å². The summed E-state index contributed by atoms with van der Waals surface area (Å²) in [5.74, 6) is 0.104. The van der Waals surface area contributed by atoms with Gasteiger partial charge in [-0.2, -0.15) is 0 Å². The number of fused-ring (bicyclic) bond motifs is 4. The second-order valence-corrected chi connectivity index (χ2v) is 14.8. The Balaban J connectivity index is 0.000000237. The van der Waals surface area contributed by atoms with Crippen molar-refractivity contribution in [3.05, 3.63) is 102 Å². The third-order valence-electron chi connectivity index (χ3n) is 10.1. The molecule has 1 radical (unpaired) electrons. The van der Waals surface area contributed by atoms with Crippen molar-refractivity contribution >= 4 is 16.7 Å². The molecule has 3 aromatic carbocycles. The molecular formula is C40H44IrNO2-. The van der Waals surface area contributed by atoms with Crippen molar-refractivity contribution in [1.82, 2.24) is 4.98 Å². The minimum absolute atomic E-state index is 0. The fraction of sp³-hybridized carbons (Fsp3) is 0.400. The van der Waals surface area contributed by atoms with Crippen LogP contribution in [-0.2, 0) is 35.7 Å². The molecule has 0 saturated heterocycles. The van der Waals surface area contributed by atoms with Gasteiger partial charge < -0.3 is 5.11 Å². The molecule has 0 amide bonds. The van der Waals surface area contributed by atoms with Crippen LogP contribution in [0.4, 0.5) is 0 Å². The van der Waals surface area contributed by atoms with Crippen LogP contribution in [0.1, 0.15) is 91.2 Å². The Bertz CT molecular complexity index is 1710. The number of aromatic nitrogens is 1. The van der Waals surface area contributed by atoms with Gasteiger partial charge in [-0.05, 0) is 52.1 Å². The number of nitrogens with zero attached hydrogens (tertiary/aromatic N) is 1. The Morgan fingerprint density at radius 2 is 1.43 bits per heavy atom. The summed E-state index contributed by atoms with van der Waals surface area (Å²) >= 11 is 0. The zero-order valence-corrected chi connectivity index (χ0v) is 29.3. The van der Waals surface area contributed by atoms with E-state index in [1.807, 2.05) is 41.5 Å². The molecule has 4 aromatic rings. The van der Waals surface area contributed by atoms with Crippen molar-refractivity contribution < 1.29 is 30.0 Å². The van der Waals surface area contributed by atoms with Crippen molar-refractivity contribution in [2.75, 3.05) is 0 Å². The van der Waals surface area contributed by atoms with E-state index in [1.54, 1.807) is 0 Å². The van der Waals surface area contributed by atoms with Gasteiger partial charge in [0.2, 0.25) is 0 Å². The van der Waals surface area contributed by atoms with Crippen molar-refractivity contribution in [3.8, 4) is 22.4 Å². The first-order valence-corrected chi connectivity index (χ1v) is 15.8. The molecule has 44 heavy (non-hydrogen) atoms. The van der Waals surface area contributed by atoms with Gasteiger partial charge in [0, 0.05) is 42.4 Å². The van der Waals surface area contributed by atoms with Gasteiger partial charge in [-0.1, -0.05) is 116 Å². The molecule has 0 unspecified atom stereocenters. The van der Waals surface area contributed by atoms with E-state index in [0.29, 0.717) is 0 Å². The van der Waals surface area contributed by atoms with Crippen LogP contribution in [0, 0.1) is 16.9 Å². The fourth-order valence-corrected chi connectivity index (χ4v) is 7.96. The van der Waals surface area contributed by atoms with Crippen molar-refractivity contribution in [2.24, 2.45) is 10.8 Å². The number of benzene rings is 3. The summed E-state index contributed by atoms with van der Waals surface area (Å²) in [5, 5.41) is 10.9. The summed E-state index contributed by atoms with van der Waals surface area (Å²) in [6.45, 7) is 11.1. The number of para-hydroxylation sites is 1. The number of allylic oxidation sites excluding steroid dienone is 2. The first-order valence-electron chi connectivity index (χ1n) is 15.8. The molecule has 3 aliphatic rings. The van der Waals surface area contributed by atoms with Gasteiger partial charge >= 0.3 is 0 Å². The van der Waals surface area contributed by atoms with Crippen molar-refractivity contribution in [1.29, 1.82) is 0 Å². The van der Waals surface area contributed by atoms with Crippen LogP contribution < -0.4 is 0 Å². The molecule has 7 rings (SSSR count). The number of hydrogen-bond acceptors (Lipinski definition) is 3. The summed E-state index contributed by atoms with van der Waals surface area (Å²) < 4.78 is 0. The predicted octanol–water partition coefficient (Wildman–Crippen LogP) is 10.3. The number of carbonyl (C=O) groups excluding carboxylic acids is 1. The van der Waals surface area contributed by atoms with E-state index in [1.165, 1.54) is 83.5 Å². The number of hydrogen-bond donors (Lipinski definition) is 1. The molecule has 231 valence electrons. The number of aliphatic hydroxyl groups is 1. The third-order valence-corrected chi connectivity index (χ3v) is 10.1. The maximum atomic E-state index is 11.5. The molecule has 1 N–H and O–H groups in total. The van der Waals surface area contributed by atoms with Crippen LogP contribution in [0.15, 0.2) is 84.6 Å². The van der Waals surface area contributed by atoms with Crippen LogP contribution >= 0.6 is 0 Å². The summed E-state index contributed by atoms with van der Waals surface area (Å²) in [4.78, 5) is 16.8. The van der Waals surface area contributed by atoms with Gasteiger partial charge in [-0.25, -0.2) is 0 Å². The Hall–Kier alpha value is -3.07. The van der Waals surface area contributed by atoms with E-state index in [4.69, 9.17) is 4.98 Å². The van der Waals surface area contributed by atoms with Crippen LogP contribution in [0.25, 0.3) is 33.3 Å². The summed E-state index contributed by atoms with van der Waals surface area (Å²) in [6, 6.07) is 30.1. The molecule has 2 fully saturated rings. The predicted molar refractivity (Wildman–Crippen MR) is 177 cm³/mol. The van der Waals surface area contributed by atoms with E-state index in [2.05, 4.69) is 78.9 Å². The van der Waals surface area contributed by atoms with Crippen LogP contribution in [0.3, 0.4) is 0 Å². The van der Waals surface area contributed by atoms with Gasteiger partial charge in [0.15, 0.2) is 5.78 Å². The molecule has 2 saturated carbocycles. The summed E-state index contributed by atoms with van der Waals surface area (Å²) in [7, 11) is 0. The van der Waals surface area contributed by atoms with E-state index in [-0.39, 0.29) is 47.9 Å². The van der Waals surface area contributed by atoms with Gasteiger partial charge in [-0.3, -0.25) is 9.78 Å². The molecule has 0 spiro atoms. The topological polar surface area (TPSA) is 50.2 Å². The maximum absolute atomic E-state index is 11.5. The molecule has 0 atom stereocenters. The van der Waals surface area contributed by atoms with Gasteiger partial charge in [0.05, 0.1) is 5.52 Å². The molecule has 1 heterocycles. The number of aliphatic hydroxyl groups excluding tert-OH is 1. The fourth-order valence-electron chi connectivity index (χ4n) is 7.96. The smallest absolute Gasteiger partial charge is 0.164 e. The average Bonchev–Trinajstić information content (AvgIpc) is 3.54. The van der Waals surface area contributed by atoms with E-state index in [0.717, 1.165) is 5.52 Å². The minimum Gasteiger partial charge on any atom is -0.512 e. The number of pyridine rings is 1. The number of rotatable bonds is 2. The molecule has 3 aliphatic carbocycles. The molecule has 1 aromatic heterocycles. The first kappa shape index (κ1) is 32.3. The Morgan fingerprint density at radius 3 is 2.07 bits per heavy atom. The molecule has 0 bridgehead atoms. The van der Waals surface area contributed by atoms with Crippen molar-refractivity contribution in [2.45, 2.75) is 90.9 Å². The Labute approximate surface area is 276 Å². The van der Waals surface area contributed by atoms with Crippen LogP contribution in [-0.4, -0.2) is 15.9 Å². The largest absolute Gasteiger partial charge is 0.512 e. The maximum Gasteiger partial charge on any atom is 0.164 e. The summed E-state index contributed by atoms with van der Waals surface area (Å²) in [6.07, 6.45) is 9.14. The van der Waals surface area contributed by atoms with Gasteiger partial charge in [0.1, 0.15) is 5.76 Å². The quantitative estimate of drug-likeness (QED) is 0.126. The zero-order chi connectivity index (χ0) is 30.6. The second-order valence-electron chi connectivity index (χ2n) is 14.8. The van der Waals surface area contributed by atoms with Crippen LogP contribution in [0.2, 0.25) is 0 Å². The Kier molecular flexibility index (Phi) is 8.59. The third kappa shape index (κ3) is 5.19. The standard InChI is InChI=1S/C29H24N.C11H20O2.Ir/c1-2-10-20(11-3-1)25-22-13-5-7-15-24(22)30-27-21-12-4-6-14-23(21)28-16-8-18-29(28,26(25)27)19-9-17-28;1-10(2,3)8(12)7-9(13)11(4,5)6;/h1-7,10-11,13-15H,8-9,16-19H2;7,12H,1-6H3;/q-1;;. The average molecular weight is 763 g/mol. The van der Waals surface area contributed by atoms with E-state index in [9.17, 15) is 9.90 Å². The molecule has 0 aliphatic heterocycles. The zero-order valence-electron chi connectivity index (χ0n) is 26.9. The van der Waals surface area contributed by atoms with Gasteiger partial charge in [-0.15, -0.1) is 35.4 Å². The Morgan fingerprint density at radius 1 is 0.818 bits per heavy atom. The minimum atomic E-state index is -0.417. The van der Waals surface area contributed by atoms with E-state index >= 15 is 0 Å². The normalized spacial score (nSPS) is 22.1. The molecular weight excluding hydrogens is 719 g/mol. The first-order chi connectivity index (χ1) is 20.4. The monoisotopic (exact) mass is 763 g/mol. The van der Waals surface area contributed by atoms with E-state index < -0.39 is 5.41 Å². The number of carbonyl (C=O) groups is 1. The number of ketones is 1. The second kappa shape index (κ2) is 11.7. The SMILES string of the molecule is CC(C)(C)C(=O)C=C(O)C(C)(C)C.[Ir].[c-]1cccc2c1-c1nc3ccccc3c(-c3ccccc3)c1C13CCCC21CCC3. The molecule has 3 nitrogen and oxygen atoms in total. The van der Waals surface area contributed by atoms with Crippen molar-refractivity contribution in [3.63, 3.8) is 0 Å². The molecule has 4 heteroatoms. The van der Waals surface area contributed by atoms with Gasteiger partial charge in [0.25, 0.3) is 0 Å².